The number of carbonyl (C=O) groups excluding carboxylic acids is 4. The van der Waals surface area contributed by atoms with Gasteiger partial charge in [0.2, 0.25) is 0 Å². The van der Waals surface area contributed by atoms with Crippen molar-refractivity contribution in [1.82, 2.24) is 0 Å². The summed E-state index contributed by atoms with van der Waals surface area (Å²) < 4.78 is 23.5. The Morgan fingerprint density at radius 2 is 1.73 bits per heavy atom. The van der Waals surface area contributed by atoms with E-state index in [4.69, 9.17) is 18.9 Å². The molecule has 0 aromatic rings. The minimum atomic E-state index is -1.30. The molecule has 8 nitrogen and oxygen atoms in total. The molecule has 0 N–H and O–H groups in total. The van der Waals surface area contributed by atoms with E-state index in [0.29, 0.717) is 24.0 Å². The third-order valence-corrected chi connectivity index (χ3v) is 8.39. The smallest absolute Gasteiger partial charge is 0.458 e. The number of esters is 2. The van der Waals surface area contributed by atoms with Gasteiger partial charge in [-0.25, -0.2) is 4.79 Å². The van der Waals surface area contributed by atoms with Gasteiger partial charge in [-0.3, -0.25) is 14.4 Å². The lowest BCUT2D eigenvalue weighted by molar-refractivity contribution is -0.199. The van der Waals surface area contributed by atoms with E-state index >= 15 is 0 Å². The molecule has 4 aliphatic rings. The second-order valence-corrected chi connectivity index (χ2v) is 10.6. The second-order valence-electron chi connectivity index (χ2n) is 10.6. The van der Waals surface area contributed by atoms with E-state index in [1.165, 1.54) is 13.8 Å². The summed E-state index contributed by atoms with van der Waals surface area (Å²) in [5.74, 6) is -1.78. The van der Waals surface area contributed by atoms with Crippen LogP contribution < -0.4 is 0 Å². The van der Waals surface area contributed by atoms with Crippen LogP contribution in [-0.2, 0) is 33.3 Å². The largest absolute Gasteiger partial charge is 0.509 e. The molecule has 4 rings (SSSR count). The molecule has 8 heteroatoms. The zero-order valence-corrected chi connectivity index (χ0v) is 20.1. The predicted molar refractivity (Wildman–Crippen MR) is 116 cm³/mol. The zero-order valence-electron chi connectivity index (χ0n) is 20.1. The highest BCUT2D eigenvalue weighted by Gasteiger charge is 2.73. The van der Waals surface area contributed by atoms with Crippen molar-refractivity contribution in [2.45, 2.75) is 91.1 Å². The van der Waals surface area contributed by atoms with Gasteiger partial charge in [-0.05, 0) is 37.3 Å². The van der Waals surface area contributed by atoms with E-state index in [-0.39, 0.29) is 12.2 Å². The summed E-state index contributed by atoms with van der Waals surface area (Å²) in [6.45, 7) is 14.3. The van der Waals surface area contributed by atoms with E-state index in [2.05, 4.69) is 6.58 Å². The van der Waals surface area contributed by atoms with Crippen molar-refractivity contribution < 1.29 is 38.1 Å². The van der Waals surface area contributed by atoms with Gasteiger partial charge >= 0.3 is 18.1 Å². The lowest BCUT2D eigenvalue weighted by Gasteiger charge is -2.59. The zero-order chi connectivity index (χ0) is 24.5. The van der Waals surface area contributed by atoms with Crippen LogP contribution in [0, 0.1) is 16.7 Å². The Bertz CT molecular complexity index is 990. The molecule has 2 saturated carbocycles. The van der Waals surface area contributed by atoms with Crippen molar-refractivity contribution in [2.75, 3.05) is 0 Å². The Labute approximate surface area is 193 Å². The fraction of sp³-hybridized carbons (Fsp3) is 0.680. The van der Waals surface area contributed by atoms with Gasteiger partial charge in [0.05, 0.1) is 6.42 Å². The van der Waals surface area contributed by atoms with Crippen molar-refractivity contribution in [1.29, 1.82) is 0 Å². The number of allylic oxidation sites excluding steroid dienone is 1. The first-order valence-corrected chi connectivity index (χ1v) is 11.4. The standard InChI is InChI=1S/C25H32O8/c1-12-9-8-10-24(7)17(12)20-25(33-22(29)32-20)11-16(28)13(2)18(23(25,5)6)19(30-14(3)26)21(24)31-15(4)27/h17,19-21H,1,8-11H2,2-7H3/t17-,19+,20-,21-,24+,25+/m0/s1. The predicted octanol–water partition coefficient (Wildman–Crippen LogP) is 3.82. The maximum Gasteiger partial charge on any atom is 0.509 e. The Morgan fingerprint density at radius 3 is 2.33 bits per heavy atom. The Morgan fingerprint density at radius 1 is 1.09 bits per heavy atom. The number of rotatable bonds is 2. The van der Waals surface area contributed by atoms with Crippen LogP contribution in [0.25, 0.3) is 0 Å². The summed E-state index contributed by atoms with van der Waals surface area (Å²) >= 11 is 0. The van der Waals surface area contributed by atoms with Crippen LogP contribution in [0.1, 0.15) is 67.2 Å². The van der Waals surface area contributed by atoms with Crippen LogP contribution in [0.3, 0.4) is 0 Å². The molecule has 1 saturated heterocycles. The summed E-state index contributed by atoms with van der Waals surface area (Å²) in [4.78, 5) is 50.6. The number of ketones is 1. The molecule has 2 bridgehead atoms. The maximum absolute atomic E-state index is 13.3. The summed E-state index contributed by atoms with van der Waals surface area (Å²) in [7, 11) is 0. The molecular weight excluding hydrogens is 428 g/mol. The van der Waals surface area contributed by atoms with Crippen LogP contribution in [-0.4, -0.2) is 47.8 Å². The third-order valence-electron chi connectivity index (χ3n) is 8.39. The summed E-state index contributed by atoms with van der Waals surface area (Å²) in [6.07, 6.45) is -1.52. The van der Waals surface area contributed by atoms with Gasteiger partial charge in [0.25, 0.3) is 0 Å². The molecule has 0 amide bonds. The molecule has 6 atom stereocenters. The van der Waals surface area contributed by atoms with Crippen molar-refractivity contribution in [3.05, 3.63) is 23.3 Å². The van der Waals surface area contributed by atoms with Crippen LogP contribution in [0.5, 0.6) is 0 Å². The number of hydrogen-bond acceptors (Lipinski definition) is 8. The van der Waals surface area contributed by atoms with Gasteiger partial charge in [-0.2, -0.15) is 0 Å². The van der Waals surface area contributed by atoms with Gasteiger partial charge in [-0.1, -0.05) is 32.9 Å². The highest BCUT2D eigenvalue weighted by molar-refractivity contribution is 5.99. The first kappa shape index (κ1) is 23.5. The van der Waals surface area contributed by atoms with Crippen LogP contribution in [0.15, 0.2) is 23.3 Å². The quantitative estimate of drug-likeness (QED) is 0.348. The third kappa shape index (κ3) is 3.16. The number of Topliss-reactive ketones (excluding diaryl/α,β-unsaturated/α-hetero) is 1. The van der Waals surface area contributed by atoms with Crippen LogP contribution in [0.2, 0.25) is 0 Å². The summed E-state index contributed by atoms with van der Waals surface area (Å²) in [5, 5.41) is 0. The molecule has 33 heavy (non-hydrogen) atoms. The average Bonchev–Trinajstić information content (AvgIpc) is 3.00. The summed E-state index contributed by atoms with van der Waals surface area (Å²) in [6, 6.07) is 0. The van der Waals surface area contributed by atoms with E-state index in [0.717, 1.165) is 12.0 Å². The van der Waals surface area contributed by atoms with E-state index in [1.807, 2.05) is 20.8 Å². The molecule has 0 aromatic heterocycles. The summed E-state index contributed by atoms with van der Waals surface area (Å²) in [5.41, 5.74) is -1.29. The number of ether oxygens (including phenoxy) is 4. The molecule has 1 spiro atoms. The van der Waals surface area contributed by atoms with Gasteiger partial charge < -0.3 is 18.9 Å². The Kier molecular flexibility index (Phi) is 5.30. The monoisotopic (exact) mass is 460 g/mol. The van der Waals surface area contributed by atoms with Gasteiger partial charge in [0, 0.05) is 30.6 Å². The SMILES string of the molecule is C=C1CCC[C@@]2(C)[C@@H](OC(C)=O)[C@H](OC(C)=O)C3=C(C)C(=O)C[C@]4(OC(=O)O[C@H]4[C@H]12)C3(C)C. The topological polar surface area (TPSA) is 105 Å². The number of hydrogen-bond donors (Lipinski definition) is 0. The van der Waals surface area contributed by atoms with E-state index in [1.54, 1.807) is 6.92 Å². The van der Waals surface area contributed by atoms with Crippen LogP contribution >= 0.6 is 0 Å². The molecule has 1 heterocycles. The lowest BCUT2D eigenvalue weighted by atomic mass is 9.48. The molecule has 0 unspecified atom stereocenters. The highest BCUT2D eigenvalue weighted by atomic mass is 16.8. The molecule has 3 fully saturated rings. The number of carbonyl (C=O) groups is 4. The van der Waals surface area contributed by atoms with Crippen molar-refractivity contribution in [2.24, 2.45) is 16.7 Å². The molecule has 1 aliphatic heterocycles. The molecule has 0 radical (unpaired) electrons. The molecule has 180 valence electrons. The van der Waals surface area contributed by atoms with Gasteiger partial charge in [0.1, 0.15) is 6.10 Å². The van der Waals surface area contributed by atoms with Gasteiger partial charge in [-0.15, -0.1) is 0 Å². The normalized spacial score (nSPS) is 39.4. The minimum absolute atomic E-state index is 0.0450. The Hall–Kier alpha value is -2.64. The van der Waals surface area contributed by atoms with Gasteiger partial charge in [0.15, 0.2) is 23.6 Å². The fourth-order valence-corrected chi connectivity index (χ4v) is 6.92. The fourth-order valence-electron chi connectivity index (χ4n) is 6.92. The maximum atomic E-state index is 13.3. The average molecular weight is 461 g/mol. The van der Waals surface area contributed by atoms with Crippen LogP contribution in [0.4, 0.5) is 4.79 Å². The van der Waals surface area contributed by atoms with Crippen molar-refractivity contribution >= 4 is 23.9 Å². The number of fused-ring (bicyclic) bond motifs is 3. The molecule has 0 aromatic carbocycles. The van der Waals surface area contributed by atoms with E-state index in [9.17, 15) is 19.2 Å². The highest BCUT2D eigenvalue weighted by Crippen LogP contribution is 2.64. The second kappa shape index (κ2) is 7.43. The first-order chi connectivity index (χ1) is 15.3. The van der Waals surface area contributed by atoms with Crippen molar-refractivity contribution in [3.63, 3.8) is 0 Å². The van der Waals surface area contributed by atoms with Crippen molar-refractivity contribution in [3.8, 4) is 0 Å². The minimum Gasteiger partial charge on any atom is -0.458 e. The molecule has 3 aliphatic carbocycles. The molecular formula is C25H32O8. The Balaban J connectivity index is 2.09. The van der Waals surface area contributed by atoms with E-state index < -0.39 is 58.8 Å². The first-order valence-electron chi connectivity index (χ1n) is 11.4. The lowest BCUT2D eigenvalue weighted by Crippen LogP contribution is -2.68.